The standard InChI is InChI=1S/C22H34FN3O3S/c1-17(23)22(27)24-19-8-6-18(7-9-19)10-11-25-12-14-26(15-13-25)20-4-3-5-21(16-20)30(2,28)29/h3-5,16-19H,6-15H2,1-2H3,(H,24,27). The van der Waals surface area contributed by atoms with E-state index >= 15 is 0 Å². The van der Waals surface area contributed by atoms with Crippen LogP contribution in [0.15, 0.2) is 29.2 Å². The molecule has 1 aliphatic heterocycles. The van der Waals surface area contributed by atoms with E-state index in [4.69, 9.17) is 0 Å². The molecule has 30 heavy (non-hydrogen) atoms. The lowest BCUT2D eigenvalue weighted by Crippen LogP contribution is -2.47. The Hall–Kier alpha value is -1.67. The Morgan fingerprint density at radius 2 is 1.83 bits per heavy atom. The third kappa shape index (κ3) is 6.41. The molecule has 1 heterocycles. The van der Waals surface area contributed by atoms with E-state index in [-0.39, 0.29) is 6.04 Å². The van der Waals surface area contributed by atoms with Crippen molar-refractivity contribution in [1.82, 2.24) is 10.2 Å². The fourth-order valence-electron chi connectivity index (χ4n) is 4.42. The Kier molecular flexibility index (Phi) is 7.74. The maximum absolute atomic E-state index is 13.0. The van der Waals surface area contributed by atoms with Crippen molar-refractivity contribution in [1.29, 1.82) is 0 Å². The van der Waals surface area contributed by atoms with E-state index in [1.54, 1.807) is 12.1 Å². The van der Waals surface area contributed by atoms with Gasteiger partial charge < -0.3 is 10.2 Å². The quantitative estimate of drug-likeness (QED) is 0.707. The van der Waals surface area contributed by atoms with Crippen LogP contribution in [0.4, 0.5) is 10.1 Å². The van der Waals surface area contributed by atoms with Crippen LogP contribution in [0, 0.1) is 5.92 Å². The first kappa shape index (κ1) is 23.0. The summed E-state index contributed by atoms with van der Waals surface area (Å²) in [6, 6.07) is 7.33. The maximum Gasteiger partial charge on any atom is 0.254 e. The topological polar surface area (TPSA) is 69.7 Å². The molecule has 3 rings (SSSR count). The number of carbonyl (C=O) groups is 1. The van der Waals surface area contributed by atoms with Crippen molar-refractivity contribution >= 4 is 21.4 Å². The first-order valence-electron chi connectivity index (χ1n) is 10.9. The van der Waals surface area contributed by atoms with Crippen molar-refractivity contribution < 1.29 is 17.6 Å². The van der Waals surface area contributed by atoms with Crippen molar-refractivity contribution in [3.8, 4) is 0 Å². The number of amides is 1. The Morgan fingerprint density at radius 3 is 2.43 bits per heavy atom. The Labute approximate surface area is 179 Å². The van der Waals surface area contributed by atoms with Gasteiger partial charge in [0.15, 0.2) is 16.0 Å². The fraction of sp³-hybridized carbons (Fsp3) is 0.682. The molecule has 1 N–H and O–H groups in total. The Morgan fingerprint density at radius 1 is 1.17 bits per heavy atom. The summed E-state index contributed by atoms with van der Waals surface area (Å²) >= 11 is 0. The summed E-state index contributed by atoms with van der Waals surface area (Å²) < 4.78 is 36.6. The average Bonchev–Trinajstić information content (AvgIpc) is 2.73. The van der Waals surface area contributed by atoms with Gasteiger partial charge in [0, 0.05) is 44.2 Å². The van der Waals surface area contributed by atoms with Crippen LogP contribution < -0.4 is 10.2 Å². The summed E-state index contributed by atoms with van der Waals surface area (Å²) in [6.45, 7) is 6.09. The lowest BCUT2D eigenvalue weighted by Gasteiger charge is -2.37. The van der Waals surface area contributed by atoms with Gasteiger partial charge in [-0.3, -0.25) is 9.69 Å². The summed E-state index contributed by atoms with van der Waals surface area (Å²) in [4.78, 5) is 16.6. The van der Waals surface area contributed by atoms with Gasteiger partial charge >= 0.3 is 0 Å². The number of halogens is 1. The molecule has 0 bridgehead atoms. The second kappa shape index (κ2) is 10.1. The second-order valence-corrected chi connectivity index (χ2v) is 10.7. The van der Waals surface area contributed by atoms with Crippen LogP contribution in [0.1, 0.15) is 39.0 Å². The van der Waals surface area contributed by atoms with Gasteiger partial charge in [-0.25, -0.2) is 12.8 Å². The minimum absolute atomic E-state index is 0.123. The molecule has 1 aromatic carbocycles. The zero-order valence-corrected chi connectivity index (χ0v) is 18.8. The third-order valence-electron chi connectivity index (χ3n) is 6.39. The highest BCUT2D eigenvalue weighted by Gasteiger charge is 2.25. The number of alkyl halides is 1. The normalized spacial score (nSPS) is 24.4. The number of piperazine rings is 1. The molecule has 1 atom stereocenters. The summed E-state index contributed by atoms with van der Waals surface area (Å²) in [6.07, 6.45) is 5.02. The van der Waals surface area contributed by atoms with E-state index in [1.807, 2.05) is 12.1 Å². The van der Waals surface area contributed by atoms with Crippen molar-refractivity contribution in [3.05, 3.63) is 24.3 Å². The number of nitrogens with zero attached hydrogens (tertiary/aromatic N) is 2. The predicted molar refractivity (Wildman–Crippen MR) is 117 cm³/mol. The van der Waals surface area contributed by atoms with Crippen molar-refractivity contribution in [2.24, 2.45) is 5.92 Å². The van der Waals surface area contributed by atoms with Crippen LogP contribution in [-0.4, -0.2) is 70.4 Å². The molecule has 8 heteroatoms. The van der Waals surface area contributed by atoms with Crippen molar-refractivity contribution in [2.45, 2.75) is 56.1 Å². The number of carbonyl (C=O) groups excluding carboxylic acids is 1. The molecule has 2 aliphatic rings. The van der Waals surface area contributed by atoms with Crippen LogP contribution >= 0.6 is 0 Å². The number of nitrogens with one attached hydrogen (secondary N) is 1. The minimum Gasteiger partial charge on any atom is -0.369 e. The molecule has 0 aromatic heterocycles. The predicted octanol–water partition coefficient (Wildman–Crippen LogP) is 2.64. The monoisotopic (exact) mass is 439 g/mol. The van der Waals surface area contributed by atoms with Crippen LogP contribution in [-0.2, 0) is 14.6 Å². The summed E-state index contributed by atoms with van der Waals surface area (Å²) in [5.41, 5.74) is 0.973. The van der Waals surface area contributed by atoms with Gasteiger partial charge in [-0.15, -0.1) is 0 Å². The number of benzene rings is 1. The Balaban J connectivity index is 1.38. The first-order chi connectivity index (χ1) is 14.2. The van der Waals surface area contributed by atoms with E-state index in [1.165, 1.54) is 13.2 Å². The molecule has 0 radical (unpaired) electrons. The zero-order chi connectivity index (χ0) is 21.7. The molecular formula is C22H34FN3O3S. The van der Waals surface area contributed by atoms with Gasteiger partial charge in [0.2, 0.25) is 0 Å². The third-order valence-corrected chi connectivity index (χ3v) is 7.50. The van der Waals surface area contributed by atoms with Crippen LogP contribution in [0.2, 0.25) is 0 Å². The fourth-order valence-corrected chi connectivity index (χ4v) is 5.08. The van der Waals surface area contributed by atoms with E-state index in [2.05, 4.69) is 15.1 Å². The lowest BCUT2D eigenvalue weighted by molar-refractivity contribution is -0.126. The van der Waals surface area contributed by atoms with E-state index in [9.17, 15) is 17.6 Å². The molecule has 1 saturated carbocycles. The van der Waals surface area contributed by atoms with E-state index in [0.29, 0.717) is 10.8 Å². The summed E-state index contributed by atoms with van der Waals surface area (Å²) in [5, 5.41) is 2.81. The maximum atomic E-state index is 13.0. The molecule has 1 amide bonds. The van der Waals surface area contributed by atoms with Crippen LogP contribution in [0.25, 0.3) is 0 Å². The summed E-state index contributed by atoms with van der Waals surface area (Å²) in [5.74, 6) is 0.184. The van der Waals surface area contributed by atoms with Crippen LogP contribution in [0.5, 0.6) is 0 Å². The van der Waals surface area contributed by atoms with Crippen molar-refractivity contribution in [2.75, 3.05) is 43.9 Å². The molecule has 1 aliphatic carbocycles. The number of anilines is 1. The first-order valence-corrected chi connectivity index (χ1v) is 12.8. The highest BCUT2D eigenvalue weighted by Crippen LogP contribution is 2.28. The number of hydrogen-bond acceptors (Lipinski definition) is 5. The molecule has 1 saturated heterocycles. The summed E-state index contributed by atoms with van der Waals surface area (Å²) in [7, 11) is -3.19. The number of rotatable bonds is 7. The molecular weight excluding hydrogens is 405 g/mol. The smallest absolute Gasteiger partial charge is 0.254 e. The molecule has 2 fully saturated rings. The number of sulfone groups is 1. The minimum atomic E-state index is -3.19. The van der Waals surface area contributed by atoms with Gasteiger partial charge in [-0.1, -0.05) is 6.07 Å². The van der Waals surface area contributed by atoms with Crippen molar-refractivity contribution in [3.63, 3.8) is 0 Å². The SMILES string of the molecule is CC(F)C(=O)NC1CCC(CCN2CCN(c3cccc(S(C)(=O)=O)c3)CC2)CC1. The van der Waals surface area contributed by atoms with Crippen LogP contribution in [0.3, 0.4) is 0 Å². The molecule has 1 unspecified atom stereocenters. The lowest BCUT2D eigenvalue weighted by atomic mass is 9.84. The Bertz CT molecular complexity index is 815. The number of hydrogen-bond donors (Lipinski definition) is 1. The highest BCUT2D eigenvalue weighted by molar-refractivity contribution is 7.90. The van der Waals surface area contributed by atoms with E-state index < -0.39 is 21.9 Å². The van der Waals surface area contributed by atoms with Gasteiger partial charge in [-0.2, -0.15) is 0 Å². The molecule has 1 aromatic rings. The molecule has 6 nitrogen and oxygen atoms in total. The van der Waals surface area contributed by atoms with Gasteiger partial charge in [0.1, 0.15) is 0 Å². The average molecular weight is 440 g/mol. The van der Waals surface area contributed by atoms with E-state index in [0.717, 1.165) is 70.5 Å². The molecule has 0 spiro atoms. The molecule has 168 valence electrons. The highest BCUT2D eigenvalue weighted by atomic mass is 32.2. The second-order valence-electron chi connectivity index (χ2n) is 8.73. The van der Waals surface area contributed by atoms with Gasteiger partial charge in [0.25, 0.3) is 5.91 Å². The van der Waals surface area contributed by atoms with Gasteiger partial charge in [0.05, 0.1) is 4.90 Å². The van der Waals surface area contributed by atoms with Gasteiger partial charge in [-0.05, 0) is 69.7 Å². The largest absolute Gasteiger partial charge is 0.369 e. The zero-order valence-electron chi connectivity index (χ0n) is 18.0.